The van der Waals surface area contributed by atoms with Crippen LogP contribution < -0.4 is 5.32 Å². The summed E-state index contributed by atoms with van der Waals surface area (Å²) < 4.78 is 0. The summed E-state index contributed by atoms with van der Waals surface area (Å²) in [6, 6.07) is 11.4. The fourth-order valence-corrected chi connectivity index (χ4v) is 3.13. The van der Waals surface area contributed by atoms with Gasteiger partial charge in [0.15, 0.2) is 0 Å². The number of carbonyl (C=O) groups is 1. The molecule has 0 spiro atoms. The molecule has 2 heterocycles. The number of rotatable bonds is 5. The van der Waals surface area contributed by atoms with E-state index in [1.54, 1.807) is 24.3 Å². The van der Waals surface area contributed by atoms with E-state index < -0.39 is 0 Å². The molecule has 1 saturated heterocycles. The summed E-state index contributed by atoms with van der Waals surface area (Å²) in [6.45, 7) is 3.11. The van der Waals surface area contributed by atoms with Crippen LogP contribution in [0.2, 0.25) is 5.02 Å². The minimum atomic E-state index is -0.0121. The number of piperidine rings is 1. The molecule has 1 aromatic heterocycles. The monoisotopic (exact) mass is 343 g/mol. The van der Waals surface area contributed by atoms with Crippen LogP contribution in [0.25, 0.3) is 0 Å². The Morgan fingerprint density at radius 2 is 1.79 bits per heavy atom. The molecule has 0 radical (unpaired) electrons. The lowest BCUT2D eigenvalue weighted by Crippen LogP contribution is -2.45. The molecule has 1 aromatic carbocycles. The van der Waals surface area contributed by atoms with Crippen molar-refractivity contribution in [2.75, 3.05) is 19.6 Å². The standard InChI is InChI=1S/C19H22ClN3O/c20-17-3-1-16(2-4-17)19(24)22-18-8-13-23(14-9-18)12-7-15-5-10-21-11-6-15/h1-6,10-11,18H,7-9,12-14H2,(H,22,24). The predicted molar refractivity (Wildman–Crippen MR) is 96.3 cm³/mol. The van der Waals surface area contributed by atoms with Gasteiger partial charge in [-0.15, -0.1) is 0 Å². The summed E-state index contributed by atoms with van der Waals surface area (Å²) in [6.07, 6.45) is 6.72. The van der Waals surface area contributed by atoms with Crippen molar-refractivity contribution in [1.82, 2.24) is 15.2 Å². The molecule has 1 aliphatic rings. The van der Waals surface area contributed by atoms with Gasteiger partial charge in [-0.25, -0.2) is 0 Å². The number of hydrogen-bond donors (Lipinski definition) is 1. The number of benzene rings is 1. The van der Waals surface area contributed by atoms with Gasteiger partial charge in [-0.05, 0) is 61.2 Å². The number of halogens is 1. The van der Waals surface area contributed by atoms with Crippen LogP contribution in [0.3, 0.4) is 0 Å². The fourth-order valence-electron chi connectivity index (χ4n) is 3.01. The second-order valence-electron chi connectivity index (χ2n) is 6.20. The number of nitrogens with zero attached hydrogens (tertiary/aromatic N) is 2. The summed E-state index contributed by atoms with van der Waals surface area (Å²) in [5.41, 5.74) is 1.99. The molecule has 3 rings (SSSR count). The number of carbonyl (C=O) groups excluding carboxylic acids is 1. The third-order valence-corrected chi connectivity index (χ3v) is 4.75. The van der Waals surface area contributed by atoms with Crippen molar-refractivity contribution in [1.29, 1.82) is 0 Å². The Bertz CT molecular complexity index is 652. The van der Waals surface area contributed by atoms with Gasteiger partial charge in [-0.3, -0.25) is 9.78 Å². The summed E-state index contributed by atoms with van der Waals surface area (Å²) >= 11 is 5.86. The van der Waals surface area contributed by atoms with Crippen molar-refractivity contribution in [3.63, 3.8) is 0 Å². The average molecular weight is 344 g/mol. The van der Waals surface area contributed by atoms with E-state index in [-0.39, 0.29) is 11.9 Å². The normalized spacial score (nSPS) is 16.0. The van der Waals surface area contributed by atoms with Crippen molar-refractivity contribution >= 4 is 17.5 Å². The first-order valence-electron chi connectivity index (χ1n) is 8.38. The topological polar surface area (TPSA) is 45.2 Å². The van der Waals surface area contributed by atoms with Crippen LogP contribution >= 0.6 is 11.6 Å². The molecule has 2 aromatic rings. The van der Waals surface area contributed by atoms with Crippen molar-refractivity contribution in [2.24, 2.45) is 0 Å². The van der Waals surface area contributed by atoms with Gasteiger partial charge in [0, 0.05) is 48.7 Å². The first-order valence-corrected chi connectivity index (χ1v) is 8.76. The average Bonchev–Trinajstić information content (AvgIpc) is 2.62. The van der Waals surface area contributed by atoms with Gasteiger partial charge in [-0.1, -0.05) is 11.6 Å². The Kier molecular flexibility index (Phi) is 5.83. The number of nitrogens with one attached hydrogen (secondary N) is 1. The summed E-state index contributed by atoms with van der Waals surface area (Å²) in [5, 5.41) is 3.78. The van der Waals surface area contributed by atoms with Crippen LogP contribution in [0.4, 0.5) is 0 Å². The van der Waals surface area contributed by atoms with Crippen LogP contribution in [-0.2, 0) is 6.42 Å². The smallest absolute Gasteiger partial charge is 0.251 e. The van der Waals surface area contributed by atoms with E-state index in [0.717, 1.165) is 38.9 Å². The Labute approximate surface area is 147 Å². The third kappa shape index (κ3) is 4.79. The van der Waals surface area contributed by atoms with Crippen molar-refractivity contribution in [2.45, 2.75) is 25.3 Å². The van der Waals surface area contributed by atoms with Gasteiger partial charge in [0.25, 0.3) is 5.91 Å². The number of aromatic nitrogens is 1. The van der Waals surface area contributed by atoms with E-state index in [4.69, 9.17) is 11.6 Å². The third-order valence-electron chi connectivity index (χ3n) is 4.50. The van der Waals surface area contributed by atoms with Gasteiger partial charge in [0.05, 0.1) is 0 Å². The zero-order chi connectivity index (χ0) is 16.8. The second kappa shape index (κ2) is 8.27. The van der Waals surface area contributed by atoms with Gasteiger partial charge in [0.2, 0.25) is 0 Å². The van der Waals surface area contributed by atoms with Crippen molar-refractivity contribution < 1.29 is 4.79 Å². The zero-order valence-electron chi connectivity index (χ0n) is 13.6. The second-order valence-corrected chi connectivity index (χ2v) is 6.64. The van der Waals surface area contributed by atoms with Crippen LogP contribution in [0.1, 0.15) is 28.8 Å². The van der Waals surface area contributed by atoms with Crippen LogP contribution in [0, 0.1) is 0 Å². The Morgan fingerprint density at radius 1 is 1.12 bits per heavy atom. The number of pyridine rings is 1. The highest BCUT2D eigenvalue weighted by Crippen LogP contribution is 2.13. The molecule has 24 heavy (non-hydrogen) atoms. The molecule has 0 atom stereocenters. The highest BCUT2D eigenvalue weighted by molar-refractivity contribution is 6.30. The molecule has 0 aliphatic carbocycles. The largest absolute Gasteiger partial charge is 0.349 e. The van der Waals surface area contributed by atoms with Crippen molar-refractivity contribution in [3.8, 4) is 0 Å². The quantitative estimate of drug-likeness (QED) is 0.907. The molecule has 1 fully saturated rings. The van der Waals surface area contributed by atoms with Crippen LogP contribution in [0.15, 0.2) is 48.8 Å². The number of amides is 1. The van der Waals surface area contributed by atoms with Gasteiger partial charge in [0.1, 0.15) is 0 Å². The molecule has 126 valence electrons. The van der Waals surface area contributed by atoms with Crippen molar-refractivity contribution in [3.05, 3.63) is 64.9 Å². The van der Waals surface area contributed by atoms with E-state index in [9.17, 15) is 4.79 Å². The van der Waals surface area contributed by atoms with E-state index >= 15 is 0 Å². The number of likely N-dealkylation sites (tertiary alicyclic amines) is 1. The Balaban J connectivity index is 1.42. The molecule has 1 N–H and O–H groups in total. The van der Waals surface area contributed by atoms with Gasteiger partial charge in [-0.2, -0.15) is 0 Å². The molecular formula is C19H22ClN3O. The zero-order valence-corrected chi connectivity index (χ0v) is 14.4. The van der Waals surface area contributed by atoms with Gasteiger partial charge < -0.3 is 10.2 Å². The maximum atomic E-state index is 12.2. The first kappa shape index (κ1) is 16.9. The molecule has 0 unspecified atom stereocenters. The highest BCUT2D eigenvalue weighted by atomic mass is 35.5. The molecule has 0 saturated carbocycles. The molecule has 0 bridgehead atoms. The first-order chi connectivity index (χ1) is 11.7. The maximum absolute atomic E-state index is 12.2. The minimum absolute atomic E-state index is 0.0121. The lowest BCUT2D eigenvalue weighted by Gasteiger charge is -2.32. The Morgan fingerprint density at radius 3 is 2.46 bits per heavy atom. The summed E-state index contributed by atoms with van der Waals surface area (Å²) in [4.78, 5) is 18.8. The molecule has 4 nitrogen and oxygen atoms in total. The van der Waals surface area contributed by atoms with E-state index in [1.165, 1.54) is 5.56 Å². The van der Waals surface area contributed by atoms with Gasteiger partial charge >= 0.3 is 0 Å². The predicted octanol–water partition coefficient (Wildman–Crippen LogP) is 3.17. The summed E-state index contributed by atoms with van der Waals surface area (Å²) in [7, 11) is 0. The fraction of sp³-hybridized carbons (Fsp3) is 0.368. The minimum Gasteiger partial charge on any atom is -0.349 e. The number of hydrogen-bond acceptors (Lipinski definition) is 3. The van der Waals surface area contributed by atoms with E-state index in [0.29, 0.717) is 10.6 Å². The highest BCUT2D eigenvalue weighted by Gasteiger charge is 2.20. The molecule has 5 heteroatoms. The van der Waals surface area contributed by atoms with E-state index in [1.807, 2.05) is 12.4 Å². The Hall–Kier alpha value is -1.91. The van der Waals surface area contributed by atoms with Crippen LogP contribution in [0.5, 0.6) is 0 Å². The lowest BCUT2D eigenvalue weighted by molar-refractivity contribution is 0.0911. The molecule has 1 aliphatic heterocycles. The van der Waals surface area contributed by atoms with E-state index in [2.05, 4.69) is 27.3 Å². The lowest BCUT2D eigenvalue weighted by atomic mass is 10.0. The summed E-state index contributed by atoms with van der Waals surface area (Å²) in [5.74, 6) is -0.0121. The SMILES string of the molecule is O=C(NC1CCN(CCc2ccncc2)CC1)c1ccc(Cl)cc1. The molecule has 1 amide bonds. The maximum Gasteiger partial charge on any atom is 0.251 e. The molecular weight excluding hydrogens is 322 g/mol. The van der Waals surface area contributed by atoms with Crippen LogP contribution in [-0.4, -0.2) is 41.5 Å².